The van der Waals surface area contributed by atoms with Gasteiger partial charge in [0, 0.05) is 31.7 Å². The van der Waals surface area contributed by atoms with E-state index in [1.54, 1.807) is 0 Å². The van der Waals surface area contributed by atoms with E-state index in [1.807, 2.05) is 0 Å². The molecular formula is C13H15ClFN3O2. The van der Waals surface area contributed by atoms with Crippen molar-refractivity contribution in [1.29, 1.82) is 0 Å². The average molecular weight is 300 g/mol. The van der Waals surface area contributed by atoms with Gasteiger partial charge in [-0.15, -0.1) is 0 Å². The van der Waals surface area contributed by atoms with Gasteiger partial charge in [0.05, 0.1) is 5.56 Å². The first kappa shape index (κ1) is 14.7. The molecule has 0 saturated carbocycles. The van der Waals surface area contributed by atoms with Gasteiger partial charge in [0.25, 0.3) is 5.91 Å². The highest BCUT2D eigenvalue weighted by atomic mass is 35.5. The predicted molar refractivity (Wildman–Crippen MR) is 73.2 cm³/mol. The fraction of sp³-hybridized carbons (Fsp3) is 0.385. The largest absolute Gasteiger partial charge is 0.357 e. The van der Waals surface area contributed by atoms with E-state index in [0.29, 0.717) is 19.6 Å². The van der Waals surface area contributed by atoms with Crippen LogP contribution >= 0.6 is 11.6 Å². The summed E-state index contributed by atoms with van der Waals surface area (Å²) in [4.78, 5) is 25.6. The van der Waals surface area contributed by atoms with E-state index >= 15 is 0 Å². The molecule has 1 saturated heterocycles. The maximum absolute atomic E-state index is 13.8. The fourth-order valence-electron chi connectivity index (χ4n) is 2.16. The topological polar surface area (TPSA) is 61.4 Å². The normalized spacial score (nSPS) is 18.8. The fourth-order valence-corrected chi connectivity index (χ4v) is 2.34. The van der Waals surface area contributed by atoms with Crippen LogP contribution in [0.25, 0.3) is 0 Å². The molecular weight excluding hydrogens is 285 g/mol. The number of benzene rings is 1. The van der Waals surface area contributed by atoms with Crippen LogP contribution in [-0.4, -0.2) is 49.4 Å². The van der Waals surface area contributed by atoms with Crippen LogP contribution in [0.4, 0.5) is 4.39 Å². The third kappa shape index (κ3) is 2.91. The Morgan fingerprint density at radius 3 is 2.95 bits per heavy atom. The molecule has 108 valence electrons. The van der Waals surface area contributed by atoms with Crippen molar-refractivity contribution in [1.82, 2.24) is 15.5 Å². The van der Waals surface area contributed by atoms with Gasteiger partial charge in [0.1, 0.15) is 11.9 Å². The smallest absolute Gasteiger partial charge is 0.257 e. The zero-order valence-electron chi connectivity index (χ0n) is 11.0. The van der Waals surface area contributed by atoms with Crippen LogP contribution in [0.5, 0.6) is 0 Å². The number of amides is 2. The van der Waals surface area contributed by atoms with Gasteiger partial charge in [-0.2, -0.15) is 0 Å². The molecule has 2 rings (SSSR count). The Balaban J connectivity index is 2.30. The van der Waals surface area contributed by atoms with Gasteiger partial charge >= 0.3 is 0 Å². The quantitative estimate of drug-likeness (QED) is 0.842. The molecule has 1 atom stereocenters. The highest BCUT2D eigenvalue weighted by Crippen LogP contribution is 2.18. The van der Waals surface area contributed by atoms with Crippen LogP contribution < -0.4 is 10.6 Å². The van der Waals surface area contributed by atoms with Gasteiger partial charge in [0.2, 0.25) is 5.91 Å². The number of nitrogens with zero attached hydrogens (tertiary/aromatic N) is 1. The zero-order valence-corrected chi connectivity index (χ0v) is 11.7. The van der Waals surface area contributed by atoms with Crippen LogP contribution in [0.3, 0.4) is 0 Å². The van der Waals surface area contributed by atoms with E-state index in [-0.39, 0.29) is 16.5 Å². The maximum Gasteiger partial charge on any atom is 0.257 e. The summed E-state index contributed by atoms with van der Waals surface area (Å²) >= 11 is 5.80. The van der Waals surface area contributed by atoms with Crippen molar-refractivity contribution in [3.63, 3.8) is 0 Å². The molecule has 2 N–H and O–H groups in total. The van der Waals surface area contributed by atoms with Crippen molar-refractivity contribution >= 4 is 23.4 Å². The summed E-state index contributed by atoms with van der Waals surface area (Å²) in [5, 5.41) is 5.82. The minimum Gasteiger partial charge on any atom is -0.357 e. The number of hydrogen-bond acceptors (Lipinski definition) is 3. The third-order valence-corrected chi connectivity index (χ3v) is 3.45. The summed E-state index contributed by atoms with van der Waals surface area (Å²) in [5.74, 6) is -1.46. The van der Waals surface area contributed by atoms with Crippen molar-refractivity contribution in [2.24, 2.45) is 0 Å². The van der Waals surface area contributed by atoms with Crippen LogP contribution in [0.2, 0.25) is 5.02 Å². The van der Waals surface area contributed by atoms with E-state index in [1.165, 1.54) is 24.1 Å². The Labute approximate surface area is 121 Å². The Morgan fingerprint density at radius 1 is 1.50 bits per heavy atom. The second-order valence-corrected chi connectivity index (χ2v) is 4.89. The number of carbonyl (C=O) groups is 2. The molecule has 2 amide bonds. The van der Waals surface area contributed by atoms with Gasteiger partial charge in [-0.1, -0.05) is 11.6 Å². The Morgan fingerprint density at radius 2 is 2.25 bits per heavy atom. The van der Waals surface area contributed by atoms with Crippen LogP contribution in [0.1, 0.15) is 10.4 Å². The highest BCUT2D eigenvalue weighted by molar-refractivity contribution is 6.31. The lowest BCUT2D eigenvalue weighted by Gasteiger charge is -2.35. The molecule has 0 aromatic heterocycles. The number of rotatable bonds is 2. The number of hydrogen-bond donors (Lipinski definition) is 2. The molecule has 0 radical (unpaired) electrons. The third-order valence-electron chi connectivity index (χ3n) is 3.21. The van der Waals surface area contributed by atoms with Gasteiger partial charge in [-0.05, 0) is 18.2 Å². The predicted octanol–water partition coefficient (Wildman–Crippen LogP) is 0.639. The monoisotopic (exact) mass is 299 g/mol. The van der Waals surface area contributed by atoms with E-state index in [2.05, 4.69) is 10.6 Å². The molecule has 5 nitrogen and oxygen atoms in total. The van der Waals surface area contributed by atoms with E-state index in [0.717, 1.165) is 6.07 Å². The summed E-state index contributed by atoms with van der Waals surface area (Å²) in [7, 11) is 1.50. The van der Waals surface area contributed by atoms with E-state index < -0.39 is 17.8 Å². The molecule has 1 aliphatic rings. The summed E-state index contributed by atoms with van der Waals surface area (Å²) in [6.45, 7) is 1.23. The molecule has 1 fully saturated rings. The van der Waals surface area contributed by atoms with Crippen LogP contribution in [-0.2, 0) is 4.79 Å². The number of piperazine rings is 1. The van der Waals surface area contributed by atoms with Crippen molar-refractivity contribution in [2.75, 3.05) is 26.7 Å². The Bertz CT molecular complexity index is 538. The first-order valence-corrected chi connectivity index (χ1v) is 6.60. The minimum absolute atomic E-state index is 0.117. The summed E-state index contributed by atoms with van der Waals surface area (Å²) in [6.07, 6.45) is 0. The number of carbonyl (C=O) groups excluding carboxylic acids is 2. The summed E-state index contributed by atoms with van der Waals surface area (Å²) in [6, 6.07) is 3.15. The van der Waals surface area contributed by atoms with Gasteiger partial charge in [0.15, 0.2) is 0 Å². The molecule has 0 aliphatic carbocycles. The van der Waals surface area contributed by atoms with Gasteiger partial charge in [-0.3, -0.25) is 9.59 Å². The first-order valence-electron chi connectivity index (χ1n) is 6.23. The Hall–Kier alpha value is -1.66. The lowest BCUT2D eigenvalue weighted by Crippen LogP contribution is -2.59. The molecule has 1 aliphatic heterocycles. The number of nitrogens with one attached hydrogen (secondary N) is 2. The van der Waals surface area contributed by atoms with Crippen molar-refractivity contribution < 1.29 is 14.0 Å². The van der Waals surface area contributed by atoms with E-state index in [4.69, 9.17) is 11.6 Å². The molecule has 1 aromatic rings. The summed E-state index contributed by atoms with van der Waals surface area (Å²) < 4.78 is 13.8. The first-order chi connectivity index (χ1) is 9.54. The zero-order chi connectivity index (χ0) is 14.7. The Kier molecular flexibility index (Phi) is 4.57. The van der Waals surface area contributed by atoms with Crippen molar-refractivity contribution in [3.05, 3.63) is 34.6 Å². The maximum atomic E-state index is 13.8. The molecule has 0 bridgehead atoms. The SMILES string of the molecule is CNC(=O)C1CNCCN1C(=O)c1cc(Cl)ccc1F. The lowest BCUT2D eigenvalue weighted by atomic mass is 10.1. The summed E-state index contributed by atoms with van der Waals surface area (Å²) in [5.41, 5.74) is -0.117. The molecule has 7 heteroatoms. The minimum atomic E-state index is -0.653. The number of halogens is 2. The molecule has 1 unspecified atom stereocenters. The van der Waals surface area contributed by atoms with Crippen LogP contribution in [0.15, 0.2) is 18.2 Å². The van der Waals surface area contributed by atoms with E-state index in [9.17, 15) is 14.0 Å². The van der Waals surface area contributed by atoms with Gasteiger partial charge < -0.3 is 15.5 Å². The standard InChI is InChI=1S/C13H15ClFN3O2/c1-16-12(19)11-7-17-4-5-18(11)13(20)9-6-8(14)2-3-10(9)15/h2-3,6,11,17H,4-5,7H2,1H3,(H,16,19). The van der Waals surface area contributed by atoms with Crippen molar-refractivity contribution in [3.8, 4) is 0 Å². The van der Waals surface area contributed by atoms with Crippen molar-refractivity contribution in [2.45, 2.75) is 6.04 Å². The molecule has 20 heavy (non-hydrogen) atoms. The molecule has 1 aromatic carbocycles. The number of likely N-dealkylation sites (N-methyl/N-ethyl adjacent to an activating group) is 1. The second kappa shape index (κ2) is 6.19. The second-order valence-electron chi connectivity index (χ2n) is 4.46. The molecule has 1 heterocycles. The molecule has 0 spiro atoms. The highest BCUT2D eigenvalue weighted by Gasteiger charge is 2.33. The average Bonchev–Trinajstić information content (AvgIpc) is 2.48. The lowest BCUT2D eigenvalue weighted by molar-refractivity contribution is -0.125. The van der Waals surface area contributed by atoms with Gasteiger partial charge in [-0.25, -0.2) is 4.39 Å². The van der Waals surface area contributed by atoms with Crippen LogP contribution in [0, 0.1) is 5.82 Å².